The fraction of sp³-hybridized carbons (Fsp3) is 0. The number of anilines is 2. The standard InChI is InChI=1S/C12H10N4O2S2/c13-8-5-12(19-7-8)20(17,18)16-9-1-2-10-11(6-9)15-4-3-14-10/h1-7,16H,13H2. The quantitative estimate of drug-likeness (QED) is 0.772. The van der Waals surface area contributed by atoms with Gasteiger partial charge in [0.05, 0.1) is 16.7 Å². The van der Waals surface area contributed by atoms with Crippen LogP contribution in [0.15, 0.2) is 46.2 Å². The number of fused-ring (bicyclic) bond motifs is 1. The number of nitrogens with one attached hydrogen (secondary N) is 1. The van der Waals surface area contributed by atoms with Gasteiger partial charge in [-0.15, -0.1) is 11.3 Å². The highest BCUT2D eigenvalue weighted by Gasteiger charge is 2.16. The monoisotopic (exact) mass is 306 g/mol. The Kier molecular flexibility index (Phi) is 3.03. The fourth-order valence-electron chi connectivity index (χ4n) is 1.70. The van der Waals surface area contributed by atoms with Crippen LogP contribution in [0.3, 0.4) is 0 Å². The van der Waals surface area contributed by atoms with Gasteiger partial charge in [-0.1, -0.05) is 0 Å². The van der Waals surface area contributed by atoms with Crippen molar-refractivity contribution >= 4 is 43.8 Å². The van der Waals surface area contributed by atoms with Crippen molar-refractivity contribution in [2.24, 2.45) is 0 Å². The molecule has 8 heteroatoms. The summed E-state index contributed by atoms with van der Waals surface area (Å²) in [4.78, 5) is 8.26. The first-order chi connectivity index (χ1) is 9.54. The molecule has 0 aliphatic rings. The number of rotatable bonds is 3. The Morgan fingerprint density at radius 2 is 1.85 bits per heavy atom. The third-order valence-corrected chi connectivity index (χ3v) is 5.42. The van der Waals surface area contributed by atoms with Crippen LogP contribution in [0.25, 0.3) is 11.0 Å². The van der Waals surface area contributed by atoms with Crippen molar-refractivity contribution in [1.29, 1.82) is 0 Å². The molecule has 3 N–H and O–H groups in total. The molecule has 0 bridgehead atoms. The molecule has 2 heterocycles. The van der Waals surface area contributed by atoms with Crippen LogP contribution in [0.2, 0.25) is 0 Å². The van der Waals surface area contributed by atoms with Gasteiger partial charge in [0.1, 0.15) is 4.21 Å². The summed E-state index contributed by atoms with van der Waals surface area (Å²) in [6.45, 7) is 0. The number of hydrogen-bond donors (Lipinski definition) is 2. The molecule has 0 spiro atoms. The second-order valence-corrected chi connectivity index (χ2v) is 6.88. The predicted molar refractivity (Wildman–Crippen MR) is 79.1 cm³/mol. The van der Waals surface area contributed by atoms with E-state index >= 15 is 0 Å². The Bertz CT molecular complexity index is 874. The van der Waals surface area contributed by atoms with Crippen LogP contribution in [0.5, 0.6) is 0 Å². The third-order valence-electron chi connectivity index (χ3n) is 2.58. The first-order valence-electron chi connectivity index (χ1n) is 5.62. The summed E-state index contributed by atoms with van der Waals surface area (Å²) in [7, 11) is -3.62. The van der Waals surface area contributed by atoms with Crippen LogP contribution in [0.1, 0.15) is 0 Å². The zero-order chi connectivity index (χ0) is 14.2. The minimum atomic E-state index is -3.62. The van der Waals surface area contributed by atoms with Gasteiger partial charge in [0.15, 0.2) is 0 Å². The highest BCUT2D eigenvalue weighted by molar-refractivity contribution is 7.94. The molecule has 0 aliphatic heterocycles. The molecule has 3 aromatic rings. The summed E-state index contributed by atoms with van der Waals surface area (Å²) in [5.74, 6) is 0. The molecule has 0 unspecified atom stereocenters. The molecule has 3 rings (SSSR count). The second kappa shape index (κ2) is 4.73. The van der Waals surface area contributed by atoms with E-state index < -0.39 is 10.0 Å². The van der Waals surface area contributed by atoms with Gasteiger partial charge in [-0.3, -0.25) is 14.7 Å². The lowest BCUT2D eigenvalue weighted by Gasteiger charge is -2.06. The van der Waals surface area contributed by atoms with Gasteiger partial charge in [0.2, 0.25) is 0 Å². The number of nitrogens with two attached hydrogens (primary N) is 1. The van der Waals surface area contributed by atoms with Crippen molar-refractivity contribution in [3.8, 4) is 0 Å². The maximum atomic E-state index is 12.2. The van der Waals surface area contributed by atoms with E-state index in [0.29, 0.717) is 22.4 Å². The number of hydrogen-bond acceptors (Lipinski definition) is 6. The number of nitrogen functional groups attached to an aromatic ring is 1. The smallest absolute Gasteiger partial charge is 0.271 e. The maximum Gasteiger partial charge on any atom is 0.271 e. The highest BCUT2D eigenvalue weighted by Crippen LogP contribution is 2.25. The van der Waals surface area contributed by atoms with E-state index in [1.807, 2.05) is 0 Å². The summed E-state index contributed by atoms with van der Waals surface area (Å²) in [5.41, 5.74) is 7.74. The van der Waals surface area contributed by atoms with Gasteiger partial charge >= 0.3 is 0 Å². The molecular formula is C12H10N4O2S2. The topological polar surface area (TPSA) is 98.0 Å². The molecule has 0 atom stereocenters. The summed E-state index contributed by atoms with van der Waals surface area (Å²) >= 11 is 1.08. The highest BCUT2D eigenvalue weighted by atomic mass is 32.2. The van der Waals surface area contributed by atoms with E-state index in [1.165, 1.54) is 6.07 Å². The van der Waals surface area contributed by atoms with Gasteiger partial charge in [0.25, 0.3) is 10.0 Å². The van der Waals surface area contributed by atoms with Crippen LogP contribution in [-0.4, -0.2) is 18.4 Å². The van der Waals surface area contributed by atoms with Gasteiger partial charge < -0.3 is 5.73 Å². The summed E-state index contributed by atoms with van der Waals surface area (Å²) in [6.07, 6.45) is 3.14. The molecule has 0 saturated heterocycles. The average Bonchev–Trinajstić information content (AvgIpc) is 2.86. The average molecular weight is 306 g/mol. The molecule has 1 aromatic carbocycles. The number of aromatic nitrogens is 2. The van der Waals surface area contributed by atoms with Crippen LogP contribution < -0.4 is 10.5 Å². The SMILES string of the molecule is Nc1csc(S(=O)(=O)Nc2ccc3nccnc3c2)c1. The molecule has 0 fully saturated rings. The molecule has 0 aliphatic carbocycles. The van der Waals surface area contributed by atoms with Crippen LogP contribution >= 0.6 is 11.3 Å². The van der Waals surface area contributed by atoms with Crippen molar-refractivity contribution in [1.82, 2.24) is 9.97 Å². The Hall–Kier alpha value is -2.19. The minimum absolute atomic E-state index is 0.175. The van der Waals surface area contributed by atoms with Gasteiger partial charge in [0, 0.05) is 23.5 Å². The summed E-state index contributed by atoms with van der Waals surface area (Å²) in [6, 6.07) is 6.42. The van der Waals surface area contributed by atoms with E-state index in [1.54, 1.807) is 36.0 Å². The van der Waals surface area contributed by atoms with E-state index in [0.717, 1.165) is 11.3 Å². The Morgan fingerprint density at radius 3 is 2.55 bits per heavy atom. The van der Waals surface area contributed by atoms with E-state index in [-0.39, 0.29) is 4.21 Å². The zero-order valence-electron chi connectivity index (χ0n) is 10.1. The largest absolute Gasteiger partial charge is 0.398 e. The van der Waals surface area contributed by atoms with Crippen molar-refractivity contribution in [3.63, 3.8) is 0 Å². The summed E-state index contributed by atoms with van der Waals surface area (Å²) in [5, 5.41) is 1.58. The Morgan fingerprint density at radius 1 is 1.10 bits per heavy atom. The summed E-state index contributed by atoms with van der Waals surface area (Å²) < 4.78 is 27.0. The fourth-order valence-corrected chi connectivity index (χ4v) is 3.83. The molecule has 0 radical (unpaired) electrons. The third kappa shape index (κ3) is 2.43. The number of thiophene rings is 1. The predicted octanol–water partition coefficient (Wildman–Crippen LogP) is 2.07. The van der Waals surface area contributed by atoms with Crippen molar-refractivity contribution in [2.75, 3.05) is 10.5 Å². The van der Waals surface area contributed by atoms with Crippen molar-refractivity contribution < 1.29 is 8.42 Å². The lowest BCUT2D eigenvalue weighted by atomic mass is 10.3. The van der Waals surface area contributed by atoms with E-state index in [2.05, 4.69) is 14.7 Å². The Labute approximate surface area is 119 Å². The number of nitrogens with zero attached hydrogens (tertiary/aromatic N) is 2. The van der Waals surface area contributed by atoms with Gasteiger partial charge in [-0.25, -0.2) is 8.42 Å². The normalized spacial score (nSPS) is 11.6. The zero-order valence-corrected chi connectivity index (χ0v) is 11.8. The molecule has 2 aromatic heterocycles. The molecule has 102 valence electrons. The molecular weight excluding hydrogens is 296 g/mol. The van der Waals surface area contributed by atoms with Crippen LogP contribution in [0, 0.1) is 0 Å². The van der Waals surface area contributed by atoms with Crippen molar-refractivity contribution in [2.45, 2.75) is 4.21 Å². The molecule has 0 saturated carbocycles. The first-order valence-corrected chi connectivity index (χ1v) is 7.98. The maximum absolute atomic E-state index is 12.2. The molecule has 0 amide bonds. The lowest BCUT2D eigenvalue weighted by molar-refractivity contribution is 0.603. The van der Waals surface area contributed by atoms with Gasteiger partial charge in [-0.2, -0.15) is 0 Å². The number of sulfonamides is 1. The van der Waals surface area contributed by atoms with E-state index in [4.69, 9.17) is 5.73 Å². The first kappa shape index (κ1) is 12.8. The van der Waals surface area contributed by atoms with E-state index in [9.17, 15) is 8.42 Å². The van der Waals surface area contributed by atoms with Gasteiger partial charge in [-0.05, 0) is 24.3 Å². The van der Waals surface area contributed by atoms with Crippen molar-refractivity contribution in [3.05, 3.63) is 42.0 Å². The van der Waals surface area contributed by atoms with Crippen LogP contribution in [-0.2, 0) is 10.0 Å². The Balaban J connectivity index is 1.96. The minimum Gasteiger partial charge on any atom is -0.398 e. The molecule has 6 nitrogen and oxygen atoms in total. The van der Waals surface area contributed by atoms with Crippen LogP contribution in [0.4, 0.5) is 11.4 Å². The number of benzene rings is 1. The molecule has 20 heavy (non-hydrogen) atoms. The lowest BCUT2D eigenvalue weighted by Crippen LogP contribution is -2.11. The second-order valence-electron chi connectivity index (χ2n) is 4.06.